The molecule has 2 N–H and O–H groups in total. The molecule has 0 saturated carbocycles. The smallest absolute Gasteiger partial charge is 0.248 e. The maximum absolute atomic E-state index is 12.5. The fourth-order valence-corrected chi connectivity index (χ4v) is 4.02. The molecule has 2 aromatic rings. The van der Waals surface area contributed by atoms with Crippen LogP contribution in [-0.4, -0.2) is 34.5 Å². The van der Waals surface area contributed by atoms with Crippen molar-refractivity contribution in [1.29, 1.82) is 0 Å². The Bertz CT molecular complexity index is 750. The highest BCUT2D eigenvalue weighted by Gasteiger charge is 2.39. The van der Waals surface area contributed by atoms with Crippen molar-refractivity contribution in [3.8, 4) is 5.88 Å². The molecule has 5 nitrogen and oxygen atoms in total. The number of methoxy groups -OCH3 is 1. The number of aryl methyl sites for hydroxylation is 1. The van der Waals surface area contributed by atoms with E-state index in [4.69, 9.17) is 4.74 Å². The topological polar surface area (TPSA) is 63.2 Å². The van der Waals surface area contributed by atoms with Gasteiger partial charge in [0.05, 0.1) is 12.8 Å². The van der Waals surface area contributed by atoms with Gasteiger partial charge in [0.2, 0.25) is 11.8 Å². The molecule has 0 bridgehead atoms. The van der Waals surface area contributed by atoms with E-state index in [1.807, 2.05) is 6.07 Å². The zero-order valence-corrected chi connectivity index (χ0v) is 15.5. The summed E-state index contributed by atoms with van der Waals surface area (Å²) in [6, 6.07) is 13.6. The molecule has 0 radical (unpaired) electrons. The number of ether oxygens (including phenoxy) is 1. The largest absolute Gasteiger partial charge is 0.481 e. The second-order valence-electron chi connectivity index (χ2n) is 6.50. The molecule has 1 amide bonds. The van der Waals surface area contributed by atoms with Crippen molar-refractivity contribution < 1.29 is 9.53 Å². The normalized spacial score (nSPS) is 16.6. The minimum Gasteiger partial charge on any atom is -0.481 e. The number of fused-ring (bicyclic) bond motifs is 1. The molecule has 2 heterocycles. The average Bonchev–Trinajstić information content (AvgIpc) is 2.61. The van der Waals surface area contributed by atoms with Gasteiger partial charge in [0.25, 0.3) is 0 Å². The summed E-state index contributed by atoms with van der Waals surface area (Å²) in [4.78, 5) is 16.9. The number of anilines is 2. The van der Waals surface area contributed by atoms with E-state index < -0.39 is 0 Å². The number of hydrogen-bond acceptors (Lipinski definition) is 5. The van der Waals surface area contributed by atoms with Crippen LogP contribution in [0.1, 0.15) is 19.4 Å². The molecule has 0 saturated heterocycles. The maximum atomic E-state index is 12.5. The third-order valence-electron chi connectivity index (χ3n) is 4.28. The molecule has 1 aliphatic heterocycles. The molecular weight excluding hydrogens is 334 g/mol. The number of thioether (sulfide) groups is 1. The Labute approximate surface area is 152 Å². The number of benzene rings is 1. The Morgan fingerprint density at radius 1 is 1.20 bits per heavy atom. The number of aromatic nitrogens is 1. The van der Waals surface area contributed by atoms with Crippen LogP contribution in [0.2, 0.25) is 0 Å². The van der Waals surface area contributed by atoms with Crippen LogP contribution in [0, 0.1) is 0 Å². The zero-order chi connectivity index (χ0) is 17.9. The van der Waals surface area contributed by atoms with E-state index in [-0.39, 0.29) is 16.7 Å². The van der Waals surface area contributed by atoms with Crippen LogP contribution in [0.15, 0.2) is 42.5 Å². The van der Waals surface area contributed by atoms with Crippen LogP contribution in [0.25, 0.3) is 0 Å². The van der Waals surface area contributed by atoms with Crippen LogP contribution in [0.3, 0.4) is 0 Å². The summed E-state index contributed by atoms with van der Waals surface area (Å²) in [6.45, 7) is 4.18. The Balaban J connectivity index is 1.67. The first-order chi connectivity index (χ1) is 12.0. The Hall–Kier alpha value is -2.21. The van der Waals surface area contributed by atoms with Gasteiger partial charge in [-0.3, -0.25) is 4.79 Å². The number of carbonyl (C=O) groups is 1. The molecule has 0 fully saturated rings. The number of nitrogens with one attached hydrogen (secondary N) is 2. The van der Waals surface area contributed by atoms with E-state index in [0.717, 1.165) is 12.2 Å². The van der Waals surface area contributed by atoms with Crippen molar-refractivity contribution in [3.05, 3.63) is 48.0 Å². The average molecular weight is 357 g/mol. The molecule has 132 valence electrons. The van der Waals surface area contributed by atoms with Gasteiger partial charge >= 0.3 is 0 Å². The van der Waals surface area contributed by atoms with E-state index in [9.17, 15) is 4.79 Å². The van der Waals surface area contributed by atoms with Crippen molar-refractivity contribution in [2.24, 2.45) is 0 Å². The van der Waals surface area contributed by atoms with Gasteiger partial charge in [-0.15, -0.1) is 0 Å². The lowest BCUT2D eigenvalue weighted by Crippen LogP contribution is -2.51. The summed E-state index contributed by atoms with van der Waals surface area (Å²) in [5.41, 5.74) is 2.00. The molecule has 1 unspecified atom stereocenters. The number of amides is 1. The van der Waals surface area contributed by atoms with E-state index in [2.05, 4.69) is 53.7 Å². The van der Waals surface area contributed by atoms with Crippen LogP contribution in [0.4, 0.5) is 11.5 Å². The minimum absolute atomic E-state index is 0.0309. The lowest BCUT2D eigenvalue weighted by molar-refractivity contribution is -0.117. The number of nitrogens with zero attached hydrogens (tertiary/aromatic N) is 1. The predicted octanol–water partition coefficient (Wildman–Crippen LogP) is 3.58. The zero-order valence-electron chi connectivity index (χ0n) is 14.7. The van der Waals surface area contributed by atoms with Gasteiger partial charge in [-0.25, -0.2) is 0 Å². The summed E-state index contributed by atoms with van der Waals surface area (Å²) in [5, 5.41) is 6.23. The number of carbonyl (C=O) groups excluding carboxylic acids is 1. The number of hydrogen-bond donors (Lipinski definition) is 2. The molecular formula is C19H23N3O2S. The molecule has 0 aliphatic carbocycles. The highest BCUT2D eigenvalue weighted by atomic mass is 32.2. The monoisotopic (exact) mass is 357 g/mol. The van der Waals surface area contributed by atoms with Gasteiger partial charge in [0.1, 0.15) is 6.04 Å². The second-order valence-corrected chi connectivity index (χ2v) is 8.25. The van der Waals surface area contributed by atoms with Crippen LogP contribution in [-0.2, 0) is 11.2 Å². The lowest BCUT2D eigenvalue weighted by Gasteiger charge is -2.37. The van der Waals surface area contributed by atoms with Gasteiger partial charge < -0.3 is 15.4 Å². The quantitative estimate of drug-likeness (QED) is 0.827. The molecule has 25 heavy (non-hydrogen) atoms. The SMILES string of the molecule is COc1ccc2c(n1)NC(C(C)(C)SCCc1ccccc1)C(=O)N2. The van der Waals surface area contributed by atoms with Crippen LogP contribution < -0.4 is 15.4 Å². The van der Waals surface area contributed by atoms with E-state index in [0.29, 0.717) is 17.4 Å². The van der Waals surface area contributed by atoms with E-state index >= 15 is 0 Å². The highest BCUT2D eigenvalue weighted by Crippen LogP contribution is 2.36. The summed E-state index contributed by atoms with van der Waals surface area (Å²) in [7, 11) is 1.58. The Kier molecular flexibility index (Phi) is 5.18. The summed E-state index contributed by atoms with van der Waals surface area (Å²) in [6.07, 6.45) is 0.978. The van der Waals surface area contributed by atoms with Crippen LogP contribution in [0.5, 0.6) is 5.88 Å². The molecule has 6 heteroatoms. The van der Waals surface area contributed by atoms with Gasteiger partial charge in [0, 0.05) is 10.8 Å². The first-order valence-electron chi connectivity index (χ1n) is 8.30. The van der Waals surface area contributed by atoms with E-state index in [1.54, 1.807) is 31.0 Å². The lowest BCUT2D eigenvalue weighted by atomic mass is 10.0. The number of pyridine rings is 1. The number of rotatable bonds is 6. The van der Waals surface area contributed by atoms with Crippen molar-refractivity contribution in [1.82, 2.24) is 4.98 Å². The third kappa shape index (κ3) is 4.07. The summed E-state index contributed by atoms with van der Waals surface area (Å²) >= 11 is 1.79. The molecule has 1 atom stereocenters. The van der Waals surface area contributed by atoms with Crippen molar-refractivity contribution in [3.63, 3.8) is 0 Å². The van der Waals surface area contributed by atoms with Gasteiger partial charge in [0.15, 0.2) is 5.82 Å². The highest BCUT2D eigenvalue weighted by molar-refractivity contribution is 8.00. The third-order valence-corrected chi connectivity index (χ3v) is 5.67. The first-order valence-corrected chi connectivity index (χ1v) is 9.28. The van der Waals surface area contributed by atoms with Gasteiger partial charge in [-0.1, -0.05) is 30.3 Å². The molecule has 3 rings (SSSR count). The standard InChI is InChI=1S/C19H23N3O2S/c1-19(2,25-12-11-13-7-5-4-6-8-13)16-18(23)20-14-9-10-15(24-3)21-17(14)22-16/h4-10,16H,11-12H2,1-3H3,(H,20,23)(H,21,22). The van der Waals surface area contributed by atoms with Crippen molar-refractivity contribution >= 4 is 29.2 Å². The Morgan fingerprint density at radius 2 is 1.96 bits per heavy atom. The second kappa shape index (κ2) is 7.35. The fourth-order valence-electron chi connectivity index (χ4n) is 2.82. The predicted molar refractivity (Wildman–Crippen MR) is 104 cm³/mol. The molecule has 1 aliphatic rings. The molecule has 1 aromatic carbocycles. The first kappa shape index (κ1) is 17.6. The minimum atomic E-state index is -0.361. The maximum Gasteiger partial charge on any atom is 0.248 e. The van der Waals surface area contributed by atoms with Crippen molar-refractivity contribution in [2.45, 2.75) is 31.1 Å². The summed E-state index contributed by atoms with van der Waals surface area (Å²) in [5.74, 6) is 2.09. The fraction of sp³-hybridized carbons (Fsp3) is 0.368. The molecule has 1 aromatic heterocycles. The van der Waals surface area contributed by atoms with Gasteiger partial charge in [-0.05, 0) is 37.7 Å². The van der Waals surface area contributed by atoms with E-state index in [1.165, 1.54) is 5.56 Å². The summed E-state index contributed by atoms with van der Waals surface area (Å²) < 4.78 is 4.90. The van der Waals surface area contributed by atoms with Gasteiger partial charge in [-0.2, -0.15) is 16.7 Å². The molecule has 0 spiro atoms. The van der Waals surface area contributed by atoms with Crippen LogP contribution >= 0.6 is 11.8 Å². The van der Waals surface area contributed by atoms with Crippen molar-refractivity contribution in [2.75, 3.05) is 23.5 Å². The Morgan fingerprint density at radius 3 is 2.68 bits per heavy atom.